The highest BCUT2D eigenvalue weighted by atomic mass is 19.4. The average molecular weight is 423 g/mol. The van der Waals surface area contributed by atoms with Gasteiger partial charge in [-0.15, -0.1) is 0 Å². The van der Waals surface area contributed by atoms with Crippen LogP contribution in [0.15, 0.2) is 42.5 Å². The van der Waals surface area contributed by atoms with Crippen molar-refractivity contribution in [1.82, 2.24) is 5.32 Å². The first-order valence-corrected chi connectivity index (χ1v) is 9.46. The van der Waals surface area contributed by atoms with Crippen molar-refractivity contribution in [3.8, 4) is 16.9 Å². The van der Waals surface area contributed by atoms with Crippen LogP contribution in [0.3, 0.4) is 0 Å². The van der Waals surface area contributed by atoms with E-state index in [1.54, 1.807) is 12.1 Å². The van der Waals surface area contributed by atoms with Crippen LogP contribution in [-0.2, 0) is 22.2 Å². The van der Waals surface area contributed by atoms with E-state index in [1.807, 2.05) is 13.0 Å². The topological polar surface area (TPSA) is 75.6 Å². The molecule has 0 saturated carbocycles. The monoisotopic (exact) mass is 423 g/mol. The van der Waals surface area contributed by atoms with Gasteiger partial charge in [-0.2, -0.15) is 13.2 Å². The van der Waals surface area contributed by atoms with Crippen molar-refractivity contribution < 1.29 is 32.6 Å². The molecule has 1 atom stereocenters. The Kier molecular flexibility index (Phi) is 7.86. The summed E-state index contributed by atoms with van der Waals surface area (Å²) in [5.74, 6) is -0.570. The maximum absolute atomic E-state index is 12.8. The number of rotatable bonds is 9. The molecule has 1 amide bonds. The predicted octanol–water partition coefficient (Wildman–Crippen LogP) is 4.68. The van der Waals surface area contributed by atoms with Crippen molar-refractivity contribution in [2.24, 2.45) is 0 Å². The van der Waals surface area contributed by atoms with Gasteiger partial charge in [0.05, 0.1) is 12.7 Å². The lowest BCUT2D eigenvalue weighted by Gasteiger charge is -2.17. The van der Waals surface area contributed by atoms with Gasteiger partial charge in [0, 0.05) is 18.9 Å². The number of amides is 1. The molecule has 0 heterocycles. The van der Waals surface area contributed by atoms with Crippen molar-refractivity contribution in [3.05, 3.63) is 53.6 Å². The molecule has 0 fully saturated rings. The number of carboxylic acids is 1. The third kappa shape index (κ3) is 6.79. The summed E-state index contributed by atoms with van der Waals surface area (Å²) in [5, 5.41) is 11.5. The molecular weight excluding hydrogens is 399 g/mol. The molecule has 5 nitrogen and oxygen atoms in total. The van der Waals surface area contributed by atoms with Crippen LogP contribution in [-0.4, -0.2) is 30.1 Å². The normalized spacial score (nSPS) is 12.3. The Morgan fingerprint density at radius 2 is 1.70 bits per heavy atom. The summed E-state index contributed by atoms with van der Waals surface area (Å²) >= 11 is 0. The summed E-state index contributed by atoms with van der Waals surface area (Å²) in [6, 6.07) is 10.0. The molecule has 30 heavy (non-hydrogen) atoms. The molecule has 2 rings (SSSR count). The second kappa shape index (κ2) is 10.1. The van der Waals surface area contributed by atoms with E-state index in [4.69, 9.17) is 9.84 Å². The zero-order valence-electron chi connectivity index (χ0n) is 16.8. The number of carbonyl (C=O) groups excluding carboxylic acids is 1. The zero-order chi connectivity index (χ0) is 22.3. The quantitative estimate of drug-likeness (QED) is 0.614. The minimum absolute atomic E-state index is 0.0647. The van der Waals surface area contributed by atoms with Gasteiger partial charge in [-0.25, -0.2) is 0 Å². The summed E-state index contributed by atoms with van der Waals surface area (Å²) in [6.07, 6.45) is -3.62. The van der Waals surface area contributed by atoms with E-state index in [9.17, 15) is 22.8 Å². The third-order valence-electron chi connectivity index (χ3n) is 4.55. The first-order valence-electron chi connectivity index (χ1n) is 9.46. The molecule has 8 heteroatoms. The molecule has 0 aliphatic heterocycles. The maximum atomic E-state index is 12.8. The molecule has 0 saturated heterocycles. The lowest BCUT2D eigenvalue weighted by atomic mass is 9.98. The van der Waals surface area contributed by atoms with Gasteiger partial charge >= 0.3 is 12.1 Å². The number of carboxylic acid groups (broad SMARTS) is 1. The minimum Gasteiger partial charge on any atom is -0.496 e. The van der Waals surface area contributed by atoms with Crippen molar-refractivity contribution in [2.45, 2.75) is 44.8 Å². The Labute approximate surface area is 172 Å². The van der Waals surface area contributed by atoms with Crippen LogP contribution in [0, 0.1) is 0 Å². The van der Waals surface area contributed by atoms with Gasteiger partial charge in [-0.3, -0.25) is 9.59 Å². The van der Waals surface area contributed by atoms with Crippen LogP contribution in [0.1, 0.15) is 37.3 Å². The molecule has 0 aliphatic carbocycles. The van der Waals surface area contributed by atoms with Crippen LogP contribution >= 0.6 is 0 Å². The third-order valence-corrected chi connectivity index (χ3v) is 4.55. The highest BCUT2D eigenvalue weighted by molar-refractivity contribution is 5.77. The van der Waals surface area contributed by atoms with Crippen LogP contribution in [0.5, 0.6) is 5.75 Å². The largest absolute Gasteiger partial charge is 0.496 e. The molecule has 0 aromatic heterocycles. The fourth-order valence-electron chi connectivity index (χ4n) is 3.10. The van der Waals surface area contributed by atoms with Gasteiger partial charge < -0.3 is 15.2 Å². The SMILES string of the molecule is COc1ccc(-c2ccc(C(F)(F)F)cc2)cc1CC(C)NC(=O)CCCC(=O)O. The fourth-order valence-corrected chi connectivity index (χ4v) is 3.10. The van der Waals surface area contributed by atoms with Crippen molar-refractivity contribution in [3.63, 3.8) is 0 Å². The molecule has 0 spiro atoms. The number of ether oxygens (including phenoxy) is 1. The standard InChI is InChI=1S/C22H24F3NO4/c1-14(26-20(27)4-3-5-21(28)29)12-17-13-16(8-11-19(17)30-2)15-6-9-18(10-7-15)22(23,24)25/h6-11,13-14H,3-5,12H2,1-2H3,(H,26,27)(H,28,29). The molecule has 162 valence electrons. The van der Waals surface area contributed by atoms with Crippen molar-refractivity contribution in [2.75, 3.05) is 7.11 Å². The number of halogens is 3. The van der Waals surface area contributed by atoms with E-state index >= 15 is 0 Å². The van der Waals surface area contributed by atoms with Crippen LogP contribution in [0.4, 0.5) is 13.2 Å². The van der Waals surface area contributed by atoms with E-state index in [0.717, 1.165) is 23.3 Å². The predicted molar refractivity (Wildman–Crippen MR) is 106 cm³/mol. The van der Waals surface area contributed by atoms with Crippen LogP contribution < -0.4 is 10.1 Å². The van der Waals surface area contributed by atoms with Crippen molar-refractivity contribution in [1.29, 1.82) is 0 Å². The van der Waals surface area contributed by atoms with Gasteiger partial charge in [0.1, 0.15) is 5.75 Å². The molecule has 0 bridgehead atoms. The Balaban J connectivity index is 2.10. The Morgan fingerprint density at radius 3 is 2.27 bits per heavy atom. The number of alkyl halides is 3. The van der Waals surface area contributed by atoms with Gasteiger partial charge in [-0.05, 0) is 60.7 Å². The Hall–Kier alpha value is -3.03. The van der Waals surface area contributed by atoms with Gasteiger partial charge in [0.15, 0.2) is 0 Å². The van der Waals surface area contributed by atoms with Gasteiger partial charge in [0.25, 0.3) is 0 Å². The number of nitrogens with one attached hydrogen (secondary N) is 1. The van der Waals surface area contributed by atoms with Crippen LogP contribution in [0.25, 0.3) is 11.1 Å². The summed E-state index contributed by atoms with van der Waals surface area (Å²) in [6.45, 7) is 1.82. The summed E-state index contributed by atoms with van der Waals surface area (Å²) in [5.41, 5.74) is 1.46. The van der Waals surface area contributed by atoms with E-state index < -0.39 is 17.7 Å². The maximum Gasteiger partial charge on any atom is 0.416 e. The van der Waals surface area contributed by atoms with E-state index in [0.29, 0.717) is 17.7 Å². The number of aliphatic carboxylic acids is 1. The first kappa shape index (κ1) is 23.3. The minimum atomic E-state index is -4.39. The molecular formula is C22H24F3NO4. The average Bonchev–Trinajstić information content (AvgIpc) is 2.67. The highest BCUT2D eigenvalue weighted by Crippen LogP contribution is 2.32. The summed E-state index contributed by atoms with van der Waals surface area (Å²) < 4.78 is 43.7. The molecule has 1 unspecified atom stereocenters. The van der Waals surface area contributed by atoms with Crippen molar-refractivity contribution >= 4 is 11.9 Å². The van der Waals surface area contributed by atoms with E-state index in [1.165, 1.54) is 19.2 Å². The molecule has 2 aromatic rings. The number of carbonyl (C=O) groups is 2. The first-order chi connectivity index (χ1) is 14.1. The number of benzene rings is 2. The number of hydrogen-bond donors (Lipinski definition) is 2. The Morgan fingerprint density at radius 1 is 1.07 bits per heavy atom. The molecule has 2 N–H and O–H groups in total. The number of methoxy groups -OCH3 is 1. The highest BCUT2D eigenvalue weighted by Gasteiger charge is 2.30. The number of hydrogen-bond acceptors (Lipinski definition) is 3. The lowest BCUT2D eigenvalue weighted by Crippen LogP contribution is -2.34. The molecule has 0 aliphatic rings. The van der Waals surface area contributed by atoms with E-state index in [-0.39, 0.29) is 31.2 Å². The Bertz CT molecular complexity index is 879. The summed E-state index contributed by atoms with van der Waals surface area (Å²) in [4.78, 5) is 22.5. The van der Waals surface area contributed by atoms with E-state index in [2.05, 4.69) is 5.32 Å². The van der Waals surface area contributed by atoms with Crippen LogP contribution in [0.2, 0.25) is 0 Å². The smallest absolute Gasteiger partial charge is 0.416 e. The fraction of sp³-hybridized carbons (Fsp3) is 0.364. The van der Waals surface area contributed by atoms with Gasteiger partial charge in [-0.1, -0.05) is 18.2 Å². The zero-order valence-corrected chi connectivity index (χ0v) is 16.8. The summed E-state index contributed by atoms with van der Waals surface area (Å²) in [7, 11) is 1.52. The second-order valence-electron chi connectivity index (χ2n) is 7.02. The molecule has 2 aromatic carbocycles. The van der Waals surface area contributed by atoms with Gasteiger partial charge in [0.2, 0.25) is 5.91 Å². The lowest BCUT2D eigenvalue weighted by molar-refractivity contribution is -0.138. The second-order valence-corrected chi connectivity index (χ2v) is 7.02. The molecule has 0 radical (unpaired) electrons.